The van der Waals surface area contributed by atoms with Crippen molar-refractivity contribution in [3.63, 3.8) is 0 Å². The van der Waals surface area contributed by atoms with Gasteiger partial charge in [0.25, 0.3) is 5.91 Å². The summed E-state index contributed by atoms with van der Waals surface area (Å²) in [6.45, 7) is 13.9. The van der Waals surface area contributed by atoms with Crippen LogP contribution in [0, 0.1) is 38.5 Å². The second-order valence-corrected chi connectivity index (χ2v) is 10.3. The Morgan fingerprint density at radius 1 is 0.731 bits per heavy atom. The fraction of sp³-hybridized carbons (Fsp3) is 0.415. The van der Waals surface area contributed by atoms with Crippen molar-refractivity contribution >= 4 is 23.6 Å². The first-order chi connectivity index (χ1) is 25.4. The van der Waals surface area contributed by atoms with Gasteiger partial charge in [-0.1, -0.05) is 12.2 Å². The van der Waals surface area contributed by atoms with E-state index in [4.69, 9.17) is 14.2 Å². The SMILES string of the molecule is C#C.C#C.C#C.C=C.C=C.COCC(=O)NCCNC(=O)CCC(=O)NCCOCCOc1ccc(C(=O)N[C@@H]2CCCC3=CCCC=C3C2)cc1. The van der Waals surface area contributed by atoms with Crippen molar-refractivity contribution in [1.29, 1.82) is 0 Å². The molecule has 2 aliphatic rings. The molecule has 0 spiro atoms. The van der Waals surface area contributed by atoms with Gasteiger partial charge in [0.2, 0.25) is 17.7 Å². The molecule has 2 aliphatic carbocycles. The van der Waals surface area contributed by atoms with Crippen LogP contribution in [-0.2, 0) is 23.9 Å². The van der Waals surface area contributed by atoms with Gasteiger partial charge in [-0.05, 0) is 73.9 Å². The molecule has 1 aromatic carbocycles. The zero-order valence-electron chi connectivity index (χ0n) is 30.8. The Labute approximate surface area is 312 Å². The Hall–Kier alpha value is -5.54. The zero-order valence-corrected chi connectivity index (χ0v) is 30.8. The number of terminal acetylenes is 3. The van der Waals surface area contributed by atoms with Crippen molar-refractivity contribution in [3.05, 3.63) is 79.4 Å². The molecule has 0 radical (unpaired) electrons. The van der Waals surface area contributed by atoms with Crippen LogP contribution in [0.25, 0.3) is 0 Å². The molecule has 1 atom stereocenters. The average molecular weight is 719 g/mol. The number of amides is 4. The van der Waals surface area contributed by atoms with Crippen molar-refractivity contribution in [2.24, 2.45) is 0 Å². The molecule has 0 aliphatic heterocycles. The highest BCUT2D eigenvalue weighted by atomic mass is 16.5. The minimum Gasteiger partial charge on any atom is -0.491 e. The molecule has 3 rings (SSSR count). The van der Waals surface area contributed by atoms with E-state index in [-0.39, 0.29) is 55.7 Å². The topological polar surface area (TPSA) is 144 Å². The second kappa shape index (κ2) is 36.7. The van der Waals surface area contributed by atoms with Crippen LogP contribution in [0.3, 0.4) is 0 Å². The molecule has 0 bridgehead atoms. The molecule has 11 heteroatoms. The predicted molar refractivity (Wildman–Crippen MR) is 210 cm³/mol. The molecule has 1 fully saturated rings. The van der Waals surface area contributed by atoms with E-state index in [9.17, 15) is 19.2 Å². The Morgan fingerprint density at radius 3 is 1.85 bits per heavy atom. The maximum atomic E-state index is 12.8. The van der Waals surface area contributed by atoms with Crippen LogP contribution in [0.15, 0.2) is 73.9 Å². The van der Waals surface area contributed by atoms with Gasteiger partial charge in [0.15, 0.2) is 0 Å². The standard InChI is InChI=1S/C31H44N4O7.2C2H4.3C2H2/c1-40-22-30(38)33-16-15-32-28(36)13-14-29(37)34-17-18-41-19-20-42-27-11-9-24(10-12-27)31(39)35-26-8-4-7-23-5-2-3-6-25(23)21-26;5*1-2/h5-6,9-12,26H,2-4,7-8,13-22H2,1H3,(H,32,36)(H,33,38)(H,34,37)(H,35,39);2*1-2H2;3*1-2H/t26-;;;;;/m1...../s1. The molecule has 0 aromatic heterocycles. The van der Waals surface area contributed by atoms with Crippen LogP contribution in [-0.4, -0.2) is 82.8 Å². The van der Waals surface area contributed by atoms with E-state index >= 15 is 0 Å². The lowest BCUT2D eigenvalue weighted by Gasteiger charge is -2.19. The maximum Gasteiger partial charge on any atom is 0.251 e. The van der Waals surface area contributed by atoms with Crippen molar-refractivity contribution in [1.82, 2.24) is 21.3 Å². The molecule has 4 N–H and O–H groups in total. The third-order valence-electron chi connectivity index (χ3n) is 6.97. The van der Waals surface area contributed by atoms with Gasteiger partial charge in [0.1, 0.15) is 19.0 Å². The normalized spacial score (nSPS) is 13.3. The Morgan fingerprint density at radius 2 is 1.27 bits per heavy atom. The summed E-state index contributed by atoms with van der Waals surface area (Å²) in [4.78, 5) is 47.7. The summed E-state index contributed by atoms with van der Waals surface area (Å²) in [7, 11) is 1.43. The monoisotopic (exact) mass is 718 g/mol. The highest BCUT2D eigenvalue weighted by Crippen LogP contribution is 2.31. The first-order valence-electron chi connectivity index (χ1n) is 16.7. The highest BCUT2D eigenvalue weighted by molar-refractivity contribution is 5.94. The lowest BCUT2D eigenvalue weighted by Crippen LogP contribution is -2.36. The van der Waals surface area contributed by atoms with Gasteiger partial charge >= 0.3 is 0 Å². The third-order valence-corrected chi connectivity index (χ3v) is 6.97. The minimum atomic E-state index is -0.263. The largest absolute Gasteiger partial charge is 0.491 e. The summed E-state index contributed by atoms with van der Waals surface area (Å²) < 4.78 is 15.9. The third kappa shape index (κ3) is 24.6. The number of fused-ring (bicyclic) bond motifs is 1. The minimum absolute atomic E-state index is 0.0294. The second-order valence-electron chi connectivity index (χ2n) is 10.3. The summed E-state index contributed by atoms with van der Waals surface area (Å²) in [5.74, 6) is -0.176. The Bertz CT molecular complexity index is 1250. The molecule has 0 unspecified atom stereocenters. The number of benzene rings is 1. The van der Waals surface area contributed by atoms with Crippen molar-refractivity contribution < 1.29 is 33.4 Å². The smallest absolute Gasteiger partial charge is 0.251 e. The quantitative estimate of drug-likeness (QED) is 0.105. The number of hydrogen-bond acceptors (Lipinski definition) is 7. The van der Waals surface area contributed by atoms with Gasteiger partial charge < -0.3 is 35.5 Å². The van der Waals surface area contributed by atoms with Crippen molar-refractivity contribution in [2.75, 3.05) is 53.2 Å². The molecule has 1 aromatic rings. The van der Waals surface area contributed by atoms with Crippen LogP contribution in [0.4, 0.5) is 0 Å². The molecular formula is C41H58N4O7. The number of allylic oxidation sites excluding steroid dienone is 3. The molecule has 52 heavy (non-hydrogen) atoms. The molecule has 0 heterocycles. The first-order valence-corrected chi connectivity index (χ1v) is 16.7. The predicted octanol–water partition coefficient (Wildman–Crippen LogP) is 4.53. The van der Waals surface area contributed by atoms with Crippen LogP contribution >= 0.6 is 0 Å². The van der Waals surface area contributed by atoms with Gasteiger partial charge in [-0.15, -0.1) is 64.9 Å². The lowest BCUT2D eigenvalue weighted by atomic mass is 9.93. The van der Waals surface area contributed by atoms with Gasteiger partial charge in [-0.3, -0.25) is 19.2 Å². The summed E-state index contributed by atoms with van der Waals surface area (Å²) in [5.41, 5.74) is 3.47. The number of rotatable bonds is 17. The van der Waals surface area contributed by atoms with Gasteiger partial charge in [0.05, 0.1) is 13.2 Å². The van der Waals surface area contributed by atoms with Crippen molar-refractivity contribution in [3.8, 4) is 44.3 Å². The molecule has 4 amide bonds. The van der Waals surface area contributed by atoms with E-state index in [0.29, 0.717) is 44.2 Å². The van der Waals surface area contributed by atoms with E-state index in [1.165, 1.54) is 18.3 Å². The van der Waals surface area contributed by atoms with E-state index in [2.05, 4.69) is 98.3 Å². The number of nitrogens with one attached hydrogen (secondary N) is 4. The molecule has 0 saturated heterocycles. The molecule has 1 saturated carbocycles. The molecule has 284 valence electrons. The van der Waals surface area contributed by atoms with Crippen LogP contribution in [0.2, 0.25) is 0 Å². The fourth-order valence-corrected chi connectivity index (χ4v) is 4.83. The Balaban J connectivity index is -0.00000220. The average Bonchev–Trinajstić information content (AvgIpc) is 3.41. The lowest BCUT2D eigenvalue weighted by molar-refractivity contribution is -0.126. The van der Waals surface area contributed by atoms with Gasteiger partial charge in [-0.2, -0.15) is 0 Å². The van der Waals surface area contributed by atoms with E-state index < -0.39 is 0 Å². The Kier molecular flexibility index (Phi) is 35.9. The number of methoxy groups -OCH3 is 1. The summed E-state index contributed by atoms with van der Waals surface area (Å²) in [5, 5.41) is 11.1. The fourth-order valence-electron chi connectivity index (χ4n) is 4.83. The van der Waals surface area contributed by atoms with Gasteiger partial charge in [-0.25, -0.2) is 0 Å². The van der Waals surface area contributed by atoms with Crippen LogP contribution in [0.5, 0.6) is 5.75 Å². The van der Waals surface area contributed by atoms with E-state index in [1.54, 1.807) is 24.3 Å². The van der Waals surface area contributed by atoms with Crippen LogP contribution < -0.4 is 26.0 Å². The van der Waals surface area contributed by atoms with E-state index in [0.717, 1.165) is 38.5 Å². The number of carbonyl (C=O) groups is 4. The molecular weight excluding hydrogens is 660 g/mol. The number of carbonyl (C=O) groups excluding carboxylic acids is 4. The highest BCUT2D eigenvalue weighted by Gasteiger charge is 2.21. The zero-order chi connectivity index (χ0) is 40.0. The van der Waals surface area contributed by atoms with E-state index in [1.807, 2.05) is 0 Å². The first kappa shape index (κ1) is 50.8. The van der Waals surface area contributed by atoms with Crippen molar-refractivity contribution in [2.45, 2.75) is 57.4 Å². The summed E-state index contributed by atoms with van der Waals surface area (Å²) >= 11 is 0. The summed E-state index contributed by atoms with van der Waals surface area (Å²) in [6.07, 6.45) is 35.1. The number of ether oxygens (including phenoxy) is 3. The van der Waals surface area contributed by atoms with Gasteiger partial charge in [0, 0.05) is 51.2 Å². The maximum absolute atomic E-state index is 12.8. The number of hydrogen-bond donors (Lipinski definition) is 4. The summed E-state index contributed by atoms with van der Waals surface area (Å²) in [6, 6.07) is 7.25. The van der Waals surface area contributed by atoms with Crippen LogP contribution in [0.1, 0.15) is 61.7 Å². The molecule has 11 nitrogen and oxygen atoms in total.